The average molecular weight is 425 g/mol. The zero-order valence-corrected chi connectivity index (χ0v) is 18.7. The maximum absolute atomic E-state index is 13.2. The summed E-state index contributed by atoms with van der Waals surface area (Å²) in [5.41, 5.74) is 2.59. The first-order valence-corrected chi connectivity index (χ1v) is 11.0. The van der Waals surface area contributed by atoms with Crippen molar-refractivity contribution in [2.24, 2.45) is 0 Å². The minimum atomic E-state index is -0.0195. The Bertz CT molecular complexity index is 986. The number of benzene rings is 2. The van der Waals surface area contributed by atoms with E-state index in [1.54, 1.807) is 24.5 Å². The van der Waals surface area contributed by atoms with Gasteiger partial charge in [-0.15, -0.1) is 11.3 Å². The minimum Gasteiger partial charge on any atom is -0.497 e. The summed E-state index contributed by atoms with van der Waals surface area (Å²) in [4.78, 5) is 19.8. The predicted molar refractivity (Wildman–Crippen MR) is 120 cm³/mol. The lowest BCUT2D eigenvalue weighted by atomic mass is 10.1. The molecule has 5 nitrogen and oxygen atoms in total. The van der Waals surface area contributed by atoms with E-state index in [0.29, 0.717) is 24.5 Å². The lowest BCUT2D eigenvalue weighted by Gasteiger charge is -2.28. The van der Waals surface area contributed by atoms with E-state index in [-0.39, 0.29) is 11.9 Å². The zero-order valence-electron chi connectivity index (χ0n) is 17.9. The van der Waals surface area contributed by atoms with Gasteiger partial charge < -0.3 is 14.4 Å². The molecule has 0 saturated carbocycles. The highest BCUT2D eigenvalue weighted by atomic mass is 32.1. The maximum Gasteiger partial charge on any atom is 0.254 e. The normalized spacial score (nSPS) is 11.7. The molecule has 0 aliphatic carbocycles. The molecule has 1 heterocycles. The summed E-state index contributed by atoms with van der Waals surface area (Å²) < 4.78 is 11.2. The topological polar surface area (TPSA) is 51.7 Å². The Morgan fingerprint density at radius 2 is 2.00 bits per heavy atom. The molecule has 2 aromatic carbocycles. The number of hydrogen-bond donors (Lipinski definition) is 0. The number of hydrogen-bond acceptors (Lipinski definition) is 5. The highest BCUT2D eigenvalue weighted by molar-refractivity contribution is 7.09. The van der Waals surface area contributed by atoms with Crippen molar-refractivity contribution >= 4 is 17.2 Å². The molecule has 1 aromatic heterocycles. The van der Waals surface area contributed by atoms with Crippen LogP contribution in [0.25, 0.3) is 0 Å². The number of nitrogens with zero attached hydrogens (tertiary/aromatic N) is 2. The van der Waals surface area contributed by atoms with Crippen LogP contribution in [0.2, 0.25) is 0 Å². The summed E-state index contributed by atoms with van der Waals surface area (Å²) in [6.45, 7) is 7.05. The van der Waals surface area contributed by atoms with E-state index in [4.69, 9.17) is 14.5 Å². The fourth-order valence-corrected chi connectivity index (χ4v) is 3.79. The second kappa shape index (κ2) is 10.3. The molecule has 0 fully saturated rings. The number of carbonyl (C=O) groups is 1. The SMILES string of the molecule is CC[C@H](C)N(Cc1csc(COc2ccccc2C)n1)C(=O)c1cccc(OC)c1. The van der Waals surface area contributed by atoms with Crippen LogP contribution in [0, 0.1) is 6.92 Å². The van der Waals surface area contributed by atoms with E-state index < -0.39 is 0 Å². The van der Waals surface area contributed by atoms with E-state index >= 15 is 0 Å². The summed E-state index contributed by atoms with van der Waals surface area (Å²) >= 11 is 1.56. The lowest BCUT2D eigenvalue weighted by molar-refractivity contribution is 0.0668. The molecular weight excluding hydrogens is 396 g/mol. The molecule has 0 aliphatic heterocycles. The molecule has 3 rings (SSSR count). The molecule has 0 bridgehead atoms. The van der Waals surface area contributed by atoms with Gasteiger partial charge in [-0.05, 0) is 50.1 Å². The first kappa shape index (κ1) is 21.8. The fourth-order valence-electron chi connectivity index (χ4n) is 3.09. The summed E-state index contributed by atoms with van der Waals surface area (Å²) in [7, 11) is 1.60. The summed E-state index contributed by atoms with van der Waals surface area (Å²) in [6, 6.07) is 15.3. The Balaban J connectivity index is 1.71. The lowest BCUT2D eigenvalue weighted by Crippen LogP contribution is -2.37. The van der Waals surface area contributed by atoms with Gasteiger partial charge in [0.25, 0.3) is 5.91 Å². The van der Waals surface area contributed by atoms with Crippen molar-refractivity contribution in [3.63, 3.8) is 0 Å². The number of ether oxygens (including phenoxy) is 2. The van der Waals surface area contributed by atoms with Crippen molar-refractivity contribution < 1.29 is 14.3 Å². The third kappa shape index (κ3) is 5.39. The van der Waals surface area contributed by atoms with Crippen LogP contribution in [0.15, 0.2) is 53.9 Å². The van der Waals surface area contributed by atoms with Crippen molar-refractivity contribution in [2.45, 2.75) is 46.4 Å². The molecule has 0 radical (unpaired) electrons. The van der Waals surface area contributed by atoms with Gasteiger partial charge in [0.15, 0.2) is 0 Å². The van der Waals surface area contributed by atoms with Crippen LogP contribution in [-0.2, 0) is 13.2 Å². The van der Waals surface area contributed by atoms with Gasteiger partial charge in [0, 0.05) is 17.0 Å². The number of aryl methyl sites for hydroxylation is 1. The Hall–Kier alpha value is -2.86. The van der Waals surface area contributed by atoms with Gasteiger partial charge in [-0.2, -0.15) is 0 Å². The quantitative estimate of drug-likeness (QED) is 0.456. The van der Waals surface area contributed by atoms with Crippen molar-refractivity contribution in [2.75, 3.05) is 7.11 Å². The molecule has 3 aromatic rings. The number of methoxy groups -OCH3 is 1. The van der Waals surface area contributed by atoms with Crippen LogP contribution in [0.1, 0.15) is 46.9 Å². The van der Waals surface area contributed by atoms with Gasteiger partial charge in [0.1, 0.15) is 23.1 Å². The molecule has 158 valence electrons. The molecule has 30 heavy (non-hydrogen) atoms. The largest absolute Gasteiger partial charge is 0.497 e. The monoisotopic (exact) mass is 424 g/mol. The van der Waals surface area contributed by atoms with Gasteiger partial charge in [-0.25, -0.2) is 4.98 Å². The van der Waals surface area contributed by atoms with Crippen LogP contribution in [0.5, 0.6) is 11.5 Å². The number of aromatic nitrogens is 1. The predicted octanol–water partition coefficient (Wildman–Crippen LogP) is 5.48. The number of thiazole rings is 1. The Morgan fingerprint density at radius 3 is 2.73 bits per heavy atom. The fraction of sp³-hybridized carbons (Fsp3) is 0.333. The van der Waals surface area contributed by atoms with E-state index in [1.807, 2.05) is 59.7 Å². The second-order valence-electron chi connectivity index (χ2n) is 7.21. The highest BCUT2D eigenvalue weighted by Gasteiger charge is 2.22. The van der Waals surface area contributed by atoms with Crippen LogP contribution >= 0.6 is 11.3 Å². The van der Waals surface area contributed by atoms with Crippen molar-refractivity contribution in [1.29, 1.82) is 0 Å². The molecule has 1 amide bonds. The van der Waals surface area contributed by atoms with Crippen molar-refractivity contribution in [1.82, 2.24) is 9.88 Å². The molecule has 0 spiro atoms. The van der Waals surface area contributed by atoms with E-state index in [2.05, 4.69) is 13.8 Å². The second-order valence-corrected chi connectivity index (χ2v) is 8.15. The van der Waals surface area contributed by atoms with Crippen LogP contribution in [-0.4, -0.2) is 28.9 Å². The van der Waals surface area contributed by atoms with E-state index in [9.17, 15) is 4.79 Å². The smallest absolute Gasteiger partial charge is 0.254 e. The van der Waals surface area contributed by atoms with Gasteiger partial charge in [0.2, 0.25) is 0 Å². The molecule has 0 N–H and O–H groups in total. The van der Waals surface area contributed by atoms with Gasteiger partial charge >= 0.3 is 0 Å². The molecule has 1 atom stereocenters. The first-order chi connectivity index (χ1) is 14.5. The number of rotatable bonds is 9. The van der Waals surface area contributed by atoms with Gasteiger partial charge in [0.05, 0.1) is 19.3 Å². The van der Waals surface area contributed by atoms with Crippen LogP contribution < -0.4 is 9.47 Å². The van der Waals surface area contributed by atoms with E-state index in [0.717, 1.165) is 28.4 Å². The zero-order chi connectivity index (χ0) is 21.5. The highest BCUT2D eigenvalue weighted by Crippen LogP contribution is 2.22. The Labute approximate surface area is 182 Å². The van der Waals surface area contributed by atoms with Crippen LogP contribution in [0.3, 0.4) is 0 Å². The Kier molecular flexibility index (Phi) is 7.46. The summed E-state index contributed by atoms with van der Waals surface area (Å²) in [5.74, 6) is 1.52. The van der Waals surface area contributed by atoms with Crippen molar-refractivity contribution in [3.8, 4) is 11.5 Å². The minimum absolute atomic E-state index is 0.0195. The molecule has 0 aliphatic rings. The molecule has 0 saturated heterocycles. The van der Waals surface area contributed by atoms with Crippen molar-refractivity contribution in [3.05, 3.63) is 75.7 Å². The number of para-hydroxylation sites is 1. The van der Waals surface area contributed by atoms with Gasteiger partial charge in [-0.3, -0.25) is 4.79 Å². The van der Waals surface area contributed by atoms with Crippen LogP contribution in [0.4, 0.5) is 0 Å². The third-order valence-electron chi connectivity index (χ3n) is 5.08. The standard InChI is InChI=1S/C24H28N2O3S/c1-5-18(3)26(24(27)19-10-8-11-21(13-19)28-4)14-20-16-30-23(25-20)15-29-22-12-7-6-9-17(22)2/h6-13,16,18H,5,14-15H2,1-4H3/t18-/m0/s1. The number of amides is 1. The molecule has 0 unspecified atom stereocenters. The third-order valence-corrected chi connectivity index (χ3v) is 5.95. The first-order valence-electron chi connectivity index (χ1n) is 10.1. The maximum atomic E-state index is 13.2. The summed E-state index contributed by atoms with van der Waals surface area (Å²) in [6.07, 6.45) is 0.864. The Morgan fingerprint density at radius 1 is 1.20 bits per heavy atom. The molecular formula is C24H28N2O3S. The number of carbonyl (C=O) groups excluding carboxylic acids is 1. The van der Waals surface area contributed by atoms with Gasteiger partial charge in [-0.1, -0.05) is 31.2 Å². The molecule has 6 heteroatoms. The average Bonchev–Trinajstić information content (AvgIpc) is 3.23. The summed E-state index contributed by atoms with van der Waals surface area (Å²) in [5, 5.41) is 2.90. The van der Waals surface area contributed by atoms with E-state index in [1.165, 1.54) is 0 Å².